The molecule has 17 heavy (non-hydrogen) atoms. The Morgan fingerprint density at radius 1 is 1.47 bits per heavy atom. The zero-order chi connectivity index (χ0) is 12.3. The fourth-order valence-corrected chi connectivity index (χ4v) is 3.53. The quantitative estimate of drug-likeness (QED) is 0.791. The summed E-state index contributed by atoms with van der Waals surface area (Å²) in [6, 6.07) is 0. The minimum Gasteiger partial charge on any atom is -0.342 e. The average Bonchev–Trinajstić information content (AvgIpc) is 2.73. The molecule has 1 aromatic rings. The van der Waals surface area contributed by atoms with E-state index in [1.807, 2.05) is 11.8 Å². The maximum absolute atomic E-state index is 11.9. The van der Waals surface area contributed by atoms with Crippen molar-refractivity contribution in [3.8, 4) is 0 Å². The predicted octanol–water partition coefficient (Wildman–Crippen LogP) is 2.20. The Bertz CT molecular complexity index is 386. The maximum Gasteiger partial charge on any atom is 0.233 e. The SMILES string of the molecule is Cc1nnc(SCC(=O)N2CCC(C)CC2)s1. The van der Waals surface area contributed by atoms with E-state index < -0.39 is 0 Å². The summed E-state index contributed by atoms with van der Waals surface area (Å²) in [4.78, 5) is 13.9. The van der Waals surface area contributed by atoms with Crippen molar-refractivity contribution >= 4 is 29.0 Å². The number of rotatable bonds is 3. The molecule has 1 aromatic heterocycles. The van der Waals surface area contributed by atoms with Crippen LogP contribution in [-0.2, 0) is 4.79 Å². The van der Waals surface area contributed by atoms with Crippen LogP contribution in [0.1, 0.15) is 24.8 Å². The first-order valence-corrected chi connectivity index (χ1v) is 7.66. The van der Waals surface area contributed by atoms with Crippen LogP contribution in [0.15, 0.2) is 4.34 Å². The van der Waals surface area contributed by atoms with Crippen molar-refractivity contribution in [1.82, 2.24) is 15.1 Å². The van der Waals surface area contributed by atoms with Crippen molar-refractivity contribution in [2.75, 3.05) is 18.8 Å². The molecule has 0 bridgehead atoms. The summed E-state index contributed by atoms with van der Waals surface area (Å²) >= 11 is 3.04. The van der Waals surface area contributed by atoms with E-state index >= 15 is 0 Å². The largest absolute Gasteiger partial charge is 0.342 e. The van der Waals surface area contributed by atoms with Crippen LogP contribution in [-0.4, -0.2) is 39.8 Å². The summed E-state index contributed by atoms with van der Waals surface area (Å²) < 4.78 is 0.890. The molecule has 0 aromatic carbocycles. The number of piperidine rings is 1. The Kier molecular flexibility index (Phi) is 4.39. The van der Waals surface area contributed by atoms with Crippen LogP contribution in [0.3, 0.4) is 0 Å². The maximum atomic E-state index is 11.9. The second-order valence-corrected chi connectivity index (χ2v) is 6.84. The monoisotopic (exact) mass is 271 g/mol. The van der Waals surface area contributed by atoms with Crippen molar-refractivity contribution in [1.29, 1.82) is 0 Å². The molecule has 0 saturated carbocycles. The highest BCUT2D eigenvalue weighted by Gasteiger charge is 2.20. The molecule has 4 nitrogen and oxygen atoms in total. The fraction of sp³-hybridized carbons (Fsp3) is 0.727. The molecule has 1 amide bonds. The Balaban J connectivity index is 1.77. The van der Waals surface area contributed by atoms with Gasteiger partial charge in [-0.15, -0.1) is 10.2 Å². The van der Waals surface area contributed by atoms with Crippen molar-refractivity contribution in [2.24, 2.45) is 5.92 Å². The summed E-state index contributed by atoms with van der Waals surface area (Å²) in [6.07, 6.45) is 2.27. The molecule has 0 radical (unpaired) electrons. The van der Waals surface area contributed by atoms with E-state index in [-0.39, 0.29) is 5.91 Å². The molecular weight excluding hydrogens is 254 g/mol. The van der Waals surface area contributed by atoms with Crippen LogP contribution in [0.25, 0.3) is 0 Å². The summed E-state index contributed by atoms with van der Waals surface area (Å²) in [6.45, 7) is 6.00. The lowest BCUT2D eigenvalue weighted by atomic mass is 9.99. The molecule has 0 N–H and O–H groups in total. The van der Waals surface area contributed by atoms with Gasteiger partial charge < -0.3 is 4.90 Å². The number of thioether (sulfide) groups is 1. The minimum absolute atomic E-state index is 0.231. The number of carbonyl (C=O) groups is 1. The topological polar surface area (TPSA) is 46.1 Å². The highest BCUT2D eigenvalue weighted by Crippen LogP contribution is 2.23. The van der Waals surface area contributed by atoms with Gasteiger partial charge in [-0.2, -0.15) is 0 Å². The zero-order valence-electron chi connectivity index (χ0n) is 10.2. The standard InChI is InChI=1S/C11H17N3OS2/c1-8-3-5-14(6-4-8)10(15)7-16-11-13-12-9(2)17-11/h8H,3-7H2,1-2H3. The van der Waals surface area contributed by atoms with E-state index in [0.29, 0.717) is 5.75 Å². The van der Waals surface area contributed by atoms with Crippen molar-refractivity contribution in [2.45, 2.75) is 31.0 Å². The van der Waals surface area contributed by atoms with E-state index in [1.54, 1.807) is 11.3 Å². The number of amides is 1. The van der Waals surface area contributed by atoms with Gasteiger partial charge in [-0.3, -0.25) is 4.79 Å². The molecular formula is C11H17N3OS2. The van der Waals surface area contributed by atoms with E-state index in [2.05, 4.69) is 17.1 Å². The van der Waals surface area contributed by atoms with Crippen LogP contribution < -0.4 is 0 Å². The fourth-order valence-electron chi connectivity index (χ4n) is 1.81. The van der Waals surface area contributed by atoms with Crippen LogP contribution in [0, 0.1) is 12.8 Å². The van der Waals surface area contributed by atoms with Crippen molar-refractivity contribution in [3.05, 3.63) is 5.01 Å². The second-order valence-electron chi connectivity index (χ2n) is 4.44. The summed E-state index contributed by atoms with van der Waals surface area (Å²) in [7, 11) is 0. The van der Waals surface area contributed by atoms with E-state index in [4.69, 9.17) is 0 Å². The lowest BCUT2D eigenvalue weighted by Crippen LogP contribution is -2.38. The Morgan fingerprint density at radius 2 is 2.18 bits per heavy atom. The number of aromatic nitrogens is 2. The molecule has 0 atom stereocenters. The van der Waals surface area contributed by atoms with Gasteiger partial charge in [0.1, 0.15) is 5.01 Å². The van der Waals surface area contributed by atoms with Gasteiger partial charge in [0.2, 0.25) is 5.91 Å². The van der Waals surface area contributed by atoms with Crippen LogP contribution in [0.4, 0.5) is 0 Å². The molecule has 0 aliphatic carbocycles. The first-order valence-electron chi connectivity index (χ1n) is 5.86. The molecule has 2 heterocycles. The van der Waals surface area contributed by atoms with Gasteiger partial charge in [-0.05, 0) is 25.7 Å². The lowest BCUT2D eigenvalue weighted by molar-refractivity contribution is -0.129. The normalized spacial score (nSPS) is 17.4. The molecule has 6 heteroatoms. The minimum atomic E-state index is 0.231. The van der Waals surface area contributed by atoms with E-state index in [1.165, 1.54) is 11.8 Å². The molecule has 1 saturated heterocycles. The molecule has 1 aliphatic heterocycles. The number of likely N-dealkylation sites (tertiary alicyclic amines) is 1. The zero-order valence-corrected chi connectivity index (χ0v) is 11.8. The lowest BCUT2D eigenvalue weighted by Gasteiger charge is -2.30. The Hall–Kier alpha value is -0.620. The van der Waals surface area contributed by atoms with E-state index in [0.717, 1.165) is 41.2 Å². The second kappa shape index (κ2) is 5.82. The van der Waals surface area contributed by atoms with Gasteiger partial charge in [0, 0.05) is 13.1 Å². The third-order valence-corrected chi connectivity index (χ3v) is 4.92. The summed E-state index contributed by atoms with van der Waals surface area (Å²) in [5.74, 6) is 1.48. The highest BCUT2D eigenvalue weighted by atomic mass is 32.2. The number of carbonyl (C=O) groups excluding carboxylic acids is 1. The molecule has 0 unspecified atom stereocenters. The third kappa shape index (κ3) is 3.67. The van der Waals surface area contributed by atoms with Crippen LogP contribution in [0.5, 0.6) is 0 Å². The molecule has 0 spiro atoms. The van der Waals surface area contributed by atoms with Crippen LogP contribution >= 0.6 is 23.1 Å². The predicted molar refractivity (Wildman–Crippen MR) is 70.3 cm³/mol. The Morgan fingerprint density at radius 3 is 2.76 bits per heavy atom. The van der Waals surface area contributed by atoms with E-state index in [9.17, 15) is 4.79 Å². The van der Waals surface area contributed by atoms with Gasteiger partial charge in [-0.25, -0.2) is 0 Å². The van der Waals surface area contributed by atoms with Gasteiger partial charge in [0.05, 0.1) is 5.75 Å². The van der Waals surface area contributed by atoms with Gasteiger partial charge in [0.15, 0.2) is 4.34 Å². The van der Waals surface area contributed by atoms with Crippen molar-refractivity contribution in [3.63, 3.8) is 0 Å². The smallest absolute Gasteiger partial charge is 0.233 e. The number of hydrogen-bond donors (Lipinski definition) is 0. The third-order valence-electron chi connectivity index (χ3n) is 2.96. The number of nitrogens with zero attached hydrogens (tertiary/aromatic N) is 3. The van der Waals surface area contributed by atoms with Crippen LogP contribution in [0.2, 0.25) is 0 Å². The number of hydrogen-bond acceptors (Lipinski definition) is 5. The molecule has 2 rings (SSSR count). The number of aryl methyl sites for hydroxylation is 1. The van der Waals surface area contributed by atoms with Gasteiger partial charge >= 0.3 is 0 Å². The van der Waals surface area contributed by atoms with Crippen molar-refractivity contribution < 1.29 is 4.79 Å². The highest BCUT2D eigenvalue weighted by molar-refractivity contribution is 8.01. The molecule has 1 aliphatic rings. The van der Waals surface area contributed by atoms with Gasteiger partial charge in [0.25, 0.3) is 0 Å². The molecule has 94 valence electrons. The average molecular weight is 271 g/mol. The summed E-state index contributed by atoms with van der Waals surface area (Å²) in [5, 5.41) is 8.90. The first kappa shape index (κ1) is 12.8. The first-order chi connectivity index (χ1) is 8.15. The summed E-state index contributed by atoms with van der Waals surface area (Å²) in [5.41, 5.74) is 0. The Labute approximate surface area is 110 Å². The molecule has 1 fully saturated rings. The van der Waals surface area contributed by atoms with Gasteiger partial charge in [-0.1, -0.05) is 30.0 Å².